The Morgan fingerprint density at radius 3 is 2.58 bits per heavy atom. The third-order valence-electron chi connectivity index (χ3n) is 5.73. The van der Waals surface area contributed by atoms with Crippen LogP contribution >= 0.6 is 11.6 Å². The van der Waals surface area contributed by atoms with Crippen LogP contribution in [0.4, 0.5) is 0 Å². The summed E-state index contributed by atoms with van der Waals surface area (Å²) in [5.74, 6) is 2.35. The molecule has 9 heteroatoms. The van der Waals surface area contributed by atoms with Gasteiger partial charge >= 0.3 is 0 Å². The summed E-state index contributed by atoms with van der Waals surface area (Å²) >= 11 is 6.13. The van der Waals surface area contributed by atoms with Crippen molar-refractivity contribution in [3.8, 4) is 11.5 Å². The van der Waals surface area contributed by atoms with E-state index in [2.05, 4.69) is 4.90 Å². The second-order valence-electron chi connectivity index (χ2n) is 7.94. The maximum Gasteiger partial charge on any atom is 0.289 e. The molecule has 3 heterocycles. The largest absolute Gasteiger partial charge is 0.455 e. The number of benzene rings is 2. The van der Waals surface area contributed by atoms with Crippen LogP contribution < -0.4 is 9.47 Å². The smallest absolute Gasteiger partial charge is 0.289 e. The first kappa shape index (κ1) is 22.0. The third-order valence-corrected chi connectivity index (χ3v) is 7.57. The number of nitrogens with zero attached hydrogens (tertiary/aromatic N) is 2. The fourth-order valence-electron chi connectivity index (χ4n) is 3.97. The summed E-state index contributed by atoms with van der Waals surface area (Å²) in [6.45, 7) is 3.83. The second-order valence-corrected chi connectivity index (χ2v) is 9.77. The molecule has 0 saturated carbocycles. The minimum absolute atomic E-state index is 0.146. The molecule has 2 aromatic carbocycles. The molecule has 0 N–H and O–H groups in total. The van der Waals surface area contributed by atoms with Crippen LogP contribution in [0.15, 0.2) is 63.9 Å². The lowest BCUT2D eigenvalue weighted by Crippen LogP contribution is -2.48. The number of fused-ring (bicyclic) bond motifs is 1. The van der Waals surface area contributed by atoms with Gasteiger partial charge in [0.25, 0.3) is 5.91 Å². The van der Waals surface area contributed by atoms with Gasteiger partial charge in [-0.3, -0.25) is 13.9 Å². The molecule has 0 aliphatic carbocycles. The summed E-state index contributed by atoms with van der Waals surface area (Å²) in [6.07, 6.45) is 0. The molecular formula is C24H23ClN2O5S. The average molecular weight is 487 g/mol. The Morgan fingerprint density at radius 2 is 1.76 bits per heavy atom. The van der Waals surface area contributed by atoms with E-state index in [9.17, 15) is 9.00 Å². The molecule has 1 amide bonds. The van der Waals surface area contributed by atoms with Crippen molar-refractivity contribution < 1.29 is 22.9 Å². The fourth-order valence-corrected chi connectivity index (χ4v) is 5.45. The van der Waals surface area contributed by atoms with Crippen molar-refractivity contribution >= 4 is 28.3 Å². The van der Waals surface area contributed by atoms with Crippen LogP contribution in [0.5, 0.6) is 11.5 Å². The average Bonchev–Trinajstić information content (AvgIpc) is 3.48. The molecule has 0 radical (unpaired) electrons. The van der Waals surface area contributed by atoms with Crippen LogP contribution in [0.1, 0.15) is 21.9 Å². The molecule has 3 aromatic rings. The number of ether oxygens (including phenoxy) is 2. The van der Waals surface area contributed by atoms with E-state index in [1.807, 2.05) is 18.2 Å². The first-order chi connectivity index (χ1) is 16.1. The van der Waals surface area contributed by atoms with E-state index >= 15 is 0 Å². The van der Waals surface area contributed by atoms with Gasteiger partial charge in [0.05, 0.1) is 26.5 Å². The molecule has 1 fully saturated rings. The monoisotopic (exact) mass is 486 g/mol. The number of hydrogen-bond acceptors (Lipinski definition) is 6. The minimum Gasteiger partial charge on any atom is -0.455 e. The number of rotatable bonds is 6. The van der Waals surface area contributed by atoms with E-state index in [1.165, 1.54) is 0 Å². The molecule has 1 aromatic heterocycles. The van der Waals surface area contributed by atoms with Gasteiger partial charge in [-0.1, -0.05) is 29.8 Å². The molecule has 0 bridgehead atoms. The van der Waals surface area contributed by atoms with Crippen LogP contribution in [-0.4, -0.2) is 52.9 Å². The van der Waals surface area contributed by atoms with Gasteiger partial charge in [0.15, 0.2) is 17.3 Å². The number of carbonyl (C=O) groups is 1. The maximum absolute atomic E-state index is 12.9. The molecule has 1 saturated heterocycles. The summed E-state index contributed by atoms with van der Waals surface area (Å²) in [6, 6.07) is 16.4. The van der Waals surface area contributed by atoms with E-state index in [-0.39, 0.29) is 24.2 Å². The van der Waals surface area contributed by atoms with E-state index in [4.69, 9.17) is 25.5 Å². The third kappa shape index (κ3) is 4.93. The van der Waals surface area contributed by atoms with Gasteiger partial charge in [-0.2, -0.15) is 0 Å². The standard InChI is InChI=1S/C24H23ClN2O5S/c25-19-3-1-2-4-23(19)33(29)15-18-6-8-21(32-18)24(28)27-11-9-26(10-12-27)14-17-5-7-20-22(13-17)31-16-30-20/h1-8,13H,9-12,14-16H2/t33-/m1/s1. The highest BCUT2D eigenvalue weighted by Crippen LogP contribution is 2.33. The zero-order valence-corrected chi connectivity index (χ0v) is 19.4. The van der Waals surface area contributed by atoms with E-state index < -0.39 is 10.8 Å². The minimum atomic E-state index is -1.35. The second kappa shape index (κ2) is 9.59. The lowest BCUT2D eigenvalue weighted by atomic mass is 10.1. The van der Waals surface area contributed by atoms with Gasteiger partial charge in [0.2, 0.25) is 6.79 Å². The van der Waals surface area contributed by atoms with Crippen molar-refractivity contribution in [3.05, 3.63) is 76.7 Å². The first-order valence-corrected chi connectivity index (χ1v) is 12.4. The van der Waals surface area contributed by atoms with Gasteiger partial charge in [0, 0.05) is 32.7 Å². The molecule has 2 aliphatic heterocycles. The van der Waals surface area contributed by atoms with Crippen LogP contribution in [0.2, 0.25) is 5.02 Å². The number of furan rings is 1. The van der Waals surface area contributed by atoms with Gasteiger partial charge in [0.1, 0.15) is 5.76 Å². The number of halogens is 1. The van der Waals surface area contributed by atoms with Gasteiger partial charge < -0.3 is 18.8 Å². The van der Waals surface area contributed by atoms with Crippen LogP contribution in [0, 0.1) is 0 Å². The molecular weight excluding hydrogens is 464 g/mol. The predicted molar refractivity (Wildman–Crippen MR) is 124 cm³/mol. The van der Waals surface area contributed by atoms with Gasteiger partial charge in [-0.05, 0) is 42.0 Å². The van der Waals surface area contributed by atoms with Crippen molar-refractivity contribution in [1.29, 1.82) is 0 Å². The maximum atomic E-state index is 12.9. The van der Waals surface area contributed by atoms with Gasteiger partial charge in [-0.25, -0.2) is 0 Å². The zero-order valence-electron chi connectivity index (χ0n) is 17.9. The summed E-state index contributed by atoms with van der Waals surface area (Å²) in [5, 5.41) is 0.456. The van der Waals surface area contributed by atoms with E-state index in [0.29, 0.717) is 28.8 Å². The van der Waals surface area contributed by atoms with Crippen molar-refractivity contribution in [2.75, 3.05) is 33.0 Å². The van der Waals surface area contributed by atoms with Crippen LogP contribution in [0.3, 0.4) is 0 Å². The molecule has 7 nitrogen and oxygen atoms in total. The molecule has 1 atom stereocenters. The Kier molecular flexibility index (Phi) is 6.39. The van der Waals surface area contributed by atoms with E-state index in [1.54, 1.807) is 41.3 Å². The number of piperazine rings is 1. The molecule has 33 heavy (non-hydrogen) atoms. The molecule has 0 spiro atoms. The van der Waals surface area contributed by atoms with Crippen molar-refractivity contribution in [2.24, 2.45) is 0 Å². The highest BCUT2D eigenvalue weighted by Gasteiger charge is 2.25. The number of carbonyl (C=O) groups excluding carboxylic acids is 1. The van der Waals surface area contributed by atoms with Gasteiger partial charge in [-0.15, -0.1) is 0 Å². The topological polar surface area (TPSA) is 72.2 Å². The highest BCUT2D eigenvalue weighted by atomic mass is 35.5. The lowest BCUT2D eigenvalue weighted by molar-refractivity contribution is 0.0596. The Hall–Kier alpha value is -2.81. The van der Waals surface area contributed by atoms with Crippen LogP contribution in [-0.2, 0) is 23.1 Å². The molecule has 172 valence electrons. The molecule has 0 unspecified atom stereocenters. The van der Waals surface area contributed by atoms with Crippen molar-refractivity contribution in [1.82, 2.24) is 9.80 Å². The predicted octanol–water partition coefficient (Wildman–Crippen LogP) is 3.93. The fraction of sp³-hybridized carbons (Fsp3) is 0.292. The van der Waals surface area contributed by atoms with E-state index in [0.717, 1.165) is 36.7 Å². The van der Waals surface area contributed by atoms with Crippen molar-refractivity contribution in [2.45, 2.75) is 17.2 Å². The molecule has 2 aliphatic rings. The Bertz CT molecular complexity index is 1190. The Morgan fingerprint density at radius 1 is 0.970 bits per heavy atom. The number of hydrogen-bond donors (Lipinski definition) is 0. The SMILES string of the molecule is O=C(c1ccc(C[S@@](=O)c2ccccc2Cl)o1)N1CCN(Cc2ccc3c(c2)OCO3)CC1. The van der Waals surface area contributed by atoms with Crippen LogP contribution in [0.25, 0.3) is 0 Å². The molecule has 5 rings (SSSR count). The normalized spacial score (nSPS) is 16.7. The first-order valence-electron chi connectivity index (χ1n) is 10.7. The Balaban J connectivity index is 1.15. The summed E-state index contributed by atoms with van der Waals surface area (Å²) in [7, 11) is -1.35. The summed E-state index contributed by atoms with van der Waals surface area (Å²) in [4.78, 5) is 17.6. The summed E-state index contributed by atoms with van der Waals surface area (Å²) in [5.41, 5.74) is 1.15. The quantitative estimate of drug-likeness (QED) is 0.525. The Labute approximate surface area is 199 Å². The van der Waals surface area contributed by atoms with Crippen molar-refractivity contribution in [3.63, 3.8) is 0 Å². The highest BCUT2D eigenvalue weighted by molar-refractivity contribution is 7.84. The lowest BCUT2D eigenvalue weighted by Gasteiger charge is -2.34. The summed E-state index contributed by atoms with van der Waals surface area (Å²) < 4.78 is 29.2. The zero-order chi connectivity index (χ0) is 22.8. The number of amides is 1.